The third-order valence-corrected chi connectivity index (χ3v) is 4.10. The van der Waals surface area contributed by atoms with Crippen molar-refractivity contribution < 1.29 is 29.1 Å². The first-order valence-electron chi connectivity index (χ1n) is 9.23. The fourth-order valence-corrected chi connectivity index (χ4v) is 2.42. The Morgan fingerprint density at radius 2 is 1.43 bits per heavy atom. The highest BCUT2D eigenvalue weighted by molar-refractivity contribution is 5.96. The quantitative estimate of drug-likeness (QED) is 0.238. The summed E-state index contributed by atoms with van der Waals surface area (Å²) in [5, 5.41) is 16.1. The van der Waals surface area contributed by atoms with Crippen LogP contribution < -0.4 is 27.4 Å². The van der Waals surface area contributed by atoms with Gasteiger partial charge in [-0.2, -0.15) is 0 Å². The molecule has 4 amide bonds. The Labute approximate surface area is 173 Å². The van der Waals surface area contributed by atoms with Gasteiger partial charge in [0.25, 0.3) is 0 Å². The first kappa shape index (κ1) is 24.6. The van der Waals surface area contributed by atoms with E-state index in [1.807, 2.05) is 0 Å². The van der Waals surface area contributed by atoms with Gasteiger partial charge in [0.15, 0.2) is 0 Å². The van der Waals surface area contributed by atoms with Crippen LogP contribution in [0.25, 0.3) is 0 Å². The highest BCUT2D eigenvalue weighted by atomic mass is 16.4. The van der Waals surface area contributed by atoms with Gasteiger partial charge in [0.05, 0.1) is 12.5 Å². The summed E-state index contributed by atoms with van der Waals surface area (Å²) < 4.78 is 0. The van der Waals surface area contributed by atoms with Crippen molar-refractivity contribution >= 4 is 29.6 Å². The largest absolute Gasteiger partial charge is 0.480 e. The van der Waals surface area contributed by atoms with Gasteiger partial charge < -0.3 is 32.5 Å². The number of carbonyl (C=O) groups excluding carboxylic acids is 4. The van der Waals surface area contributed by atoms with E-state index in [1.54, 1.807) is 30.3 Å². The molecule has 0 saturated heterocycles. The fourth-order valence-electron chi connectivity index (χ4n) is 2.42. The van der Waals surface area contributed by atoms with E-state index in [2.05, 4.69) is 16.0 Å². The van der Waals surface area contributed by atoms with E-state index < -0.39 is 60.2 Å². The molecule has 1 aromatic carbocycles. The van der Waals surface area contributed by atoms with E-state index in [1.165, 1.54) is 13.8 Å². The molecule has 0 radical (unpaired) electrons. The van der Waals surface area contributed by atoms with Gasteiger partial charge >= 0.3 is 5.97 Å². The second kappa shape index (κ2) is 11.5. The number of carboxylic acid groups (broad SMARTS) is 1. The van der Waals surface area contributed by atoms with Gasteiger partial charge in [-0.15, -0.1) is 0 Å². The van der Waals surface area contributed by atoms with Gasteiger partial charge in [0.2, 0.25) is 23.6 Å². The number of nitrogens with one attached hydrogen (secondary N) is 3. The molecule has 0 heterocycles. The van der Waals surface area contributed by atoms with E-state index in [4.69, 9.17) is 16.6 Å². The number of hydrogen-bond donors (Lipinski definition) is 6. The second-order valence-electron chi connectivity index (χ2n) is 6.84. The Kier molecular flexibility index (Phi) is 9.43. The summed E-state index contributed by atoms with van der Waals surface area (Å²) in [6, 6.07) is 4.08. The minimum atomic E-state index is -1.34. The van der Waals surface area contributed by atoms with Gasteiger partial charge in [0, 0.05) is 6.42 Å². The highest BCUT2D eigenvalue weighted by Gasteiger charge is 2.29. The zero-order valence-corrected chi connectivity index (χ0v) is 16.8. The van der Waals surface area contributed by atoms with E-state index in [-0.39, 0.29) is 6.42 Å². The summed E-state index contributed by atoms with van der Waals surface area (Å²) in [4.78, 5) is 59.5. The molecule has 0 fully saturated rings. The van der Waals surface area contributed by atoms with Crippen molar-refractivity contribution in [1.29, 1.82) is 0 Å². The molecule has 0 aromatic heterocycles. The number of carboxylic acids is 1. The van der Waals surface area contributed by atoms with Crippen LogP contribution in [0.3, 0.4) is 0 Å². The zero-order valence-electron chi connectivity index (χ0n) is 16.8. The van der Waals surface area contributed by atoms with E-state index in [0.29, 0.717) is 5.56 Å². The Morgan fingerprint density at radius 1 is 0.900 bits per heavy atom. The Balaban J connectivity index is 3.04. The van der Waals surface area contributed by atoms with Crippen molar-refractivity contribution in [3.8, 4) is 0 Å². The summed E-state index contributed by atoms with van der Waals surface area (Å²) in [6.45, 7) is 2.67. The molecule has 4 unspecified atom stereocenters. The molecule has 30 heavy (non-hydrogen) atoms. The molecule has 8 N–H and O–H groups in total. The Hall–Kier alpha value is -3.47. The fraction of sp³-hybridized carbons (Fsp3) is 0.421. The number of hydrogen-bond acceptors (Lipinski definition) is 6. The summed E-state index contributed by atoms with van der Waals surface area (Å²) >= 11 is 0. The average Bonchev–Trinajstić information content (AvgIpc) is 2.66. The lowest BCUT2D eigenvalue weighted by Gasteiger charge is -2.24. The standard InChI is InChI=1S/C19H27N5O6/c1-10(20)16(26)23-14(9-15(21)25)18(28)24-13(8-12-6-4-3-5-7-12)17(27)22-11(2)19(29)30/h3-7,10-11,13-14H,8-9,20H2,1-2H3,(H2,21,25)(H,22,27)(H,23,26)(H,24,28)(H,29,30). The third kappa shape index (κ3) is 8.27. The first-order chi connectivity index (χ1) is 14.0. The molecule has 1 aromatic rings. The van der Waals surface area contributed by atoms with Crippen LogP contribution in [-0.2, 0) is 30.4 Å². The van der Waals surface area contributed by atoms with Crippen LogP contribution in [0, 0.1) is 0 Å². The molecule has 11 heteroatoms. The lowest BCUT2D eigenvalue weighted by molar-refractivity contribution is -0.142. The van der Waals surface area contributed by atoms with Crippen molar-refractivity contribution in [3.05, 3.63) is 35.9 Å². The Bertz CT molecular complexity index is 783. The molecule has 11 nitrogen and oxygen atoms in total. The van der Waals surface area contributed by atoms with Crippen LogP contribution in [0.15, 0.2) is 30.3 Å². The maximum Gasteiger partial charge on any atom is 0.325 e. The summed E-state index contributed by atoms with van der Waals surface area (Å²) in [5.41, 5.74) is 11.3. The smallest absolute Gasteiger partial charge is 0.325 e. The van der Waals surface area contributed by atoms with Gasteiger partial charge in [-0.05, 0) is 19.4 Å². The maximum absolute atomic E-state index is 12.7. The van der Waals surface area contributed by atoms with Crippen LogP contribution in [0.5, 0.6) is 0 Å². The first-order valence-corrected chi connectivity index (χ1v) is 9.23. The summed E-state index contributed by atoms with van der Waals surface area (Å²) in [6.07, 6.45) is -0.454. The minimum Gasteiger partial charge on any atom is -0.480 e. The molecule has 0 bridgehead atoms. The third-order valence-electron chi connectivity index (χ3n) is 4.10. The molecule has 1 rings (SSSR count). The number of amides is 4. The molecule has 4 atom stereocenters. The molecule has 0 spiro atoms. The predicted molar refractivity (Wildman–Crippen MR) is 107 cm³/mol. The molecule has 0 aliphatic heterocycles. The van der Waals surface area contributed by atoms with Gasteiger partial charge in [-0.3, -0.25) is 24.0 Å². The van der Waals surface area contributed by atoms with Crippen LogP contribution >= 0.6 is 0 Å². The van der Waals surface area contributed by atoms with Crippen molar-refractivity contribution in [2.75, 3.05) is 0 Å². The second-order valence-corrected chi connectivity index (χ2v) is 6.84. The average molecular weight is 421 g/mol. The predicted octanol–water partition coefficient (Wildman–Crippen LogP) is -1.99. The van der Waals surface area contributed by atoms with Crippen LogP contribution in [-0.4, -0.2) is 58.9 Å². The Morgan fingerprint density at radius 3 is 1.93 bits per heavy atom. The van der Waals surface area contributed by atoms with E-state index >= 15 is 0 Å². The van der Waals surface area contributed by atoms with Crippen molar-refractivity contribution in [2.45, 2.75) is 50.9 Å². The molecular formula is C19H27N5O6. The summed E-state index contributed by atoms with van der Waals surface area (Å²) in [7, 11) is 0. The molecule has 0 aliphatic rings. The molecular weight excluding hydrogens is 394 g/mol. The van der Waals surface area contributed by atoms with E-state index in [9.17, 15) is 24.0 Å². The zero-order chi connectivity index (χ0) is 22.8. The van der Waals surface area contributed by atoms with Crippen LogP contribution in [0.1, 0.15) is 25.8 Å². The number of aliphatic carboxylic acids is 1. The topological polar surface area (TPSA) is 194 Å². The normalized spacial score (nSPS) is 14.5. The molecule has 0 saturated carbocycles. The monoisotopic (exact) mass is 421 g/mol. The van der Waals surface area contributed by atoms with Gasteiger partial charge in [-0.25, -0.2) is 0 Å². The van der Waals surface area contributed by atoms with Crippen LogP contribution in [0.2, 0.25) is 0 Å². The highest BCUT2D eigenvalue weighted by Crippen LogP contribution is 2.05. The maximum atomic E-state index is 12.7. The number of benzene rings is 1. The number of primary amides is 1. The van der Waals surface area contributed by atoms with Crippen molar-refractivity contribution in [1.82, 2.24) is 16.0 Å². The van der Waals surface area contributed by atoms with Crippen molar-refractivity contribution in [3.63, 3.8) is 0 Å². The van der Waals surface area contributed by atoms with Gasteiger partial charge in [0.1, 0.15) is 18.1 Å². The SMILES string of the molecule is CC(N)C(=O)NC(CC(N)=O)C(=O)NC(Cc1ccccc1)C(=O)NC(C)C(=O)O. The van der Waals surface area contributed by atoms with Crippen LogP contribution in [0.4, 0.5) is 0 Å². The number of carbonyl (C=O) groups is 5. The minimum absolute atomic E-state index is 0.0509. The van der Waals surface area contributed by atoms with Crippen molar-refractivity contribution in [2.24, 2.45) is 11.5 Å². The molecule has 0 aliphatic carbocycles. The number of rotatable bonds is 11. The van der Waals surface area contributed by atoms with E-state index in [0.717, 1.165) is 0 Å². The molecule has 164 valence electrons. The lowest BCUT2D eigenvalue weighted by atomic mass is 10.0. The van der Waals surface area contributed by atoms with Gasteiger partial charge in [-0.1, -0.05) is 30.3 Å². The number of nitrogens with two attached hydrogens (primary N) is 2. The lowest BCUT2D eigenvalue weighted by Crippen LogP contribution is -2.57. The summed E-state index contributed by atoms with van der Waals surface area (Å²) in [5.74, 6) is -4.34.